The van der Waals surface area contributed by atoms with Gasteiger partial charge in [0.1, 0.15) is 0 Å². The number of rotatable bonds is 3. The van der Waals surface area contributed by atoms with Gasteiger partial charge in [-0.1, -0.05) is 0 Å². The van der Waals surface area contributed by atoms with Gasteiger partial charge < -0.3 is 15.5 Å². The van der Waals surface area contributed by atoms with Crippen LogP contribution >= 0.6 is 0 Å². The van der Waals surface area contributed by atoms with Crippen LogP contribution in [0.25, 0.3) is 0 Å². The number of piperidine rings is 1. The molecule has 2 rings (SSSR count). The van der Waals surface area contributed by atoms with Crippen LogP contribution in [0.5, 0.6) is 0 Å². The molecule has 2 aliphatic rings. The second-order valence-corrected chi connectivity index (χ2v) is 4.84. The van der Waals surface area contributed by atoms with E-state index in [1.165, 1.54) is 52.0 Å². The first kappa shape index (κ1) is 10.4. The largest absolute Gasteiger partial charge is 0.316 e. The summed E-state index contributed by atoms with van der Waals surface area (Å²) in [7, 11) is 2.22. The van der Waals surface area contributed by atoms with Crippen LogP contribution in [0.3, 0.4) is 0 Å². The summed E-state index contributed by atoms with van der Waals surface area (Å²) in [5.41, 5.74) is 0. The van der Waals surface area contributed by atoms with E-state index in [4.69, 9.17) is 0 Å². The molecular weight excluding hydrogens is 174 g/mol. The fraction of sp³-hybridized carbons (Fsp3) is 1.00. The number of nitrogens with one attached hydrogen (secondary N) is 2. The molecule has 2 N–H and O–H groups in total. The average molecular weight is 197 g/mol. The first-order valence-electron chi connectivity index (χ1n) is 5.97. The van der Waals surface area contributed by atoms with E-state index in [0.717, 1.165) is 12.0 Å². The standard InChI is InChI=1S/C11H23N3/c1-14-6-3-11(4-7-14)13-9-10-2-5-12-8-10/h10-13H,2-9H2,1H3. The highest BCUT2D eigenvalue weighted by Gasteiger charge is 2.19. The lowest BCUT2D eigenvalue weighted by atomic mass is 10.0. The molecule has 2 heterocycles. The van der Waals surface area contributed by atoms with Crippen molar-refractivity contribution in [3.63, 3.8) is 0 Å². The molecule has 3 nitrogen and oxygen atoms in total. The van der Waals surface area contributed by atoms with Gasteiger partial charge in [-0.2, -0.15) is 0 Å². The Balaban J connectivity index is 1.60. The van der Waals surface area contributed by atoms with E-state index in [1.54, 1.807) is 0 Å². The van der Waals surface area contributed by atoms with Crippen LogP contribution in [-0.4, -0.2) is 50.7 Å². The molecule has 0 aromatic carbocycles. The van der Waals surface area contributed by atoms with Crippen LogP contribution in [-0.2, 0) is 0 Å². The summed E-state index contributed by atoms with van der Waals surface area (Å²) < 4.78 is 0. The average Bonchev–Trinajstić information content (AvgIpc) is 2.70. The van der Waals surface area contributed by atoms with Gasteiger partial charge >= 0.3 is 0 Å². The van der Waals surface area contributed by atoms with E-state index in [9.17, 15) is 0 Å². The normalized spacial score (nSPS) is 31.1. The number of hydrogen-bond donors (Lipinski definition) is 2. The molecule has 1 atom stereocenters. The lowest BCUT2D eigenvalue weighted by Gasteiger charge is -2.30. The van der Waals surface area contributed by atoms with Crippen molar-refractivity contribution in [2.24, 2.45) is 5.92 Å². The van der Waals surface area contributed by atoms with Crippen molar-refractivity contribution in [1.29, 1.82) is 0 Å². The second-order valence-electron chi connectivity index (χ2n) is 4.84. The van der Waals surface area contributed by atoms with Gasteiger partial charge in [0.2, 0.25) is 0 Å². The third-order valence-electron chi connectivity index (χ3n) is 3.58. The molecule has 0 aliphatic carbocycles. The van der Waals surface area contributed by atoms with E-state index in [2.05, 4.69) is 22.6 Å². The molecular formula is C11H23N3. The van der Waals surface area contributed by atoms with Crippen molar-refractivity contribution in [2.45, 2.75) is 25.3 Å². The fourth-order valence-electron chi connectivity index (χ4n) is 2.43. The van der Waals surface area contributed by atoms with Gasteiger partial charge in [-0.25, -0.2) is 0 Å². The van der Waals surface area contributed by atoms with Crippen LogP contribution in [0.4, 0.5) is 0 Å². The Morgan fingerprint density at radius 3 is 2.71 bits per heavy atom. The minimum absolute atomic E-state index is 0.784. The molecule has 2 aliphatic heterocycles. The Morgan fingerprint density at radius 2 is 2.07 bits per heavy atom. The topological polar surface area (TPSA) is 27.3 Å². The zero-order valence-electron chi connectivity index (χ0n) is 9.26. The van der Waals surface area contributed by atoms with E-state index in [1.807, 2.05) is 0 Å². The van der Waals surface area contributed by atoms with Crippen LogP contribution in [0.1, 0.15) is 19.3 Å². The van der Waals surface area contributed by atoms with E-state index >= 15 is 0 Å². The number of hydrogen-bond acceptors (Lipinski definition) is 3. The fourth-order valence-corrected chi connectivity index (χ4v) is 2.43. The summed E-state index contributed by atoms with van der Waals surface area (Å²) in [4.78, 5) is 2.43. The summed E-state index contributed by atoms with van der Waals surface area (Å²) >= 11 is 0. The predicted octanol–water partition coefficient (Wildman–Crippen LogP) is 0.280. The Kier molecular flexibility index (Phi) is 3.79. The molecule has 3 heteroatoms. The van der Waals surface area contributed by atoms with Crippen LogP contribution in [0.2, 0.25) is 0 Å². The smallest absolute Gasteiger partial charge is 0.00915 e. The van der Waals surface area contributed by atoms with Crippen LogP contribution in [0.15, 0.2) is 0 Å². The van der Waals surface area contributed by atoms with Gasteiger partial charge in [0, 0.05) is 6.04 Å². The molecule has 0 aromatic heterocycles. The Bertz CT molecular complexity index is 158. The zero-order valence-corrected chi connectivity index (χ0v) is 9.26. The Labute approximate surface area is 87.2 Å². The molecule has 0 aromatic rings. The molecule has 0 saturated carbocycles. The molecule has 0 amide bonds. The van der Waals surface area contributed by atoms with Gasteiger partial charge in [0.05, 0.1) is 0 Å². The third kappa shape index (κ3) is 2.94. The van der Waals surface area contributed by atoms with Crippen molar-refractivity contribution in [1.82, 2.24) is 15.5 Å². The van der Waals surface area contributed by atoms with Crippen molar-refractivity contribution >= 4 is 0 Å². The quantitative estimate of drug-likeness (QED) is 0.680. The highest BCUT2D eigenvalue weighted by Crippen LogP contribution is 2.10. The molecule has 82 valence electrons. The second kappa shape index (κ2) is 5.10. The molecule has 0 spiro atoms. The highest BCUT2D eigenvalue weighted by molar-refractivity contribution is 4.79. The zero-order chi connectivity index (χ0) is 9.80. The Hall–Kier alpha value is -0.120. The summed E-state index contributed by atoms with van der Waals surface area (Å²) in [6, 6.07) is 0.784. The van der Waals surface area contributed by atoms with Gasteiger partial charge in [-0.3, -0.25) is 0 Å². The van der Waals surface area contributed by atoms with Crippen LogP contribution in [0, 0.1) is 5.92 Å². The van der Waals surface area contributed by atoms with E-state index in [-0.39, 0.29) is 0 Å². The first-order valence-corrected chi connectivity index (χ1v) is 5.97. The van der Waals surface area contributed by atoms with Crippen LogP contribution < -0.4 is 10.6 Å². The van der Waals surface area contributed by atoms with Crippen molar-refractivity contribution in [3.8, 4) is 0 Å². The van der Waals surface area contributed by atoms with Gasteiger partial charge in [0.25, 0.3) is 0 Å². The first-order chi connectivity index (χ1) is 6.84. The van der Waals surface area contributed by atoms with E-state index < -0.39 is 0 Å². The highest BCUT2D eigenvalue weighted by atomic mass is 15.1. The van der Waals surface area contributed by atoms with Gasteiger partial charge in [-0.15, -0.1) is 0 Å². The van der Waals surface area contributed by atoms with Gasteiger partial charge in [-0.05, 0) is 65.0 Å². The lowest BCUT2D eigenvalue weighted by molar-refractivity contribution is 0.230. The van der Waals surface area contributed by atoms with Gasteiger partial charge in [0.15, 0.2) is 0 Å². The molecule has 14 heavy (non-hydrogen) atoms. The molecule has 2 fully saturated rings. The summed E-state index contributed by atoms with van der Waals surface area (Å²) in [5.74, 6) is 0.884. The van der Waals surface area contributed by atoms with E-state index in [0.29, 0.717) is 0 Å². The molecule has 0 bridgehead atoms. The lowest BCUT2D eigenvalue weighted by Crippen LogP contribution is -2.42. The molecule has 1 unspecified atom stereocenters. The maximum Gasteiger partial charge on any atom is 0.00915 e. The summed E-state index contributed by atoms with van der Waals surface area (Å²) in [5, 5.41) is 7.14. The summed E-state index contributed by atoms with van der Waals surface area (Å²) in [6.07, 6.45) is 4.02. The molecule has 0 radical (unpaired) electrons. The predicted molar refractivity (Wildman–Crippen MR) is 59.5 cm³/mol. The maximum atomic E-state index is 3.72. The Morgan fingerprint density at radius 1 is 1.29 bits per heavy atom. The van der Waals surface area contributed by atoms with Crippen molar-refractivity contribution in [2.75, 3.05) is 39.8 Å². The monoisotopic (exact) mass is 197 g/mol. The minimum atomic E-state index is 0.784. The molecule has 2 saturated heterocycles. The SMILES string of the molecule is CN1CCC(NCC2CCNC2)CC1. The third-order valence-corrected chi connectivity index (χ3v) is 3.58. The number of likely N-dealkylation sites (tertiary alicyclic amines) is 1. The summed E-state index contributed by atoms with van der Waals surface area (Å²) in [6.45, 7) is 6.20. The maximum absolute atomic E-state index is 3.72. The van der Waals surface area contributed by atoms with Crippen molar-refractivity contribution < 1.29 is 0 Å². The van der Waals surface area contributed by atoms with Crippen molar-refractivity contribution in [3.05, 3.63) is 0 Å². The number of nitrogens with zero attached hydrogens (tertiary/aromatic N) is 1. The minimum Gasteiger partial charge on any atom is -0.316 e.